The molecule has 0 bridgehead atoms. The van der Waals surface area contributed by atoms with Crippen LogP contribution in [-0.4, -0.2) is 15.2 Å². The quantitative estimate of drug-likeness (QED) is 0.466. The van der Waals surface area contributed by atoms with E-state index in [1.807, 2.05) is 0 Å². The second-order valence-electron chi connectivity index (χ2n) is 5.00. The lowest BCUT2D eigenvalue weighted by Gasteiger charge is -2.39. The minimum atomic E-state index is -0.987. The topological polar surface area (TPSA) is 0 Å². The van der Waals surface area contributed by atoms with Gasteiger partial charge in [0.15, 0.2) is 0 Å². The van der Waals surface area contributed by atoms with Crippen LogP contribution in [0.15, 0.2) is 12.7 Å². The van der Waals surface area contributed by atoms with Crippen molar-refractivity contribution in [2.45, 2.75) is 45.2 Å². The van der Waals surface area contributed by atoms with E-state index in [0.29, 0.717) is 0 Å². The zero-order valence-corrected chi connectivity index (χ0v) is 10.9. The normalized spacial score (nSPS) is 16.2. The van der Waals surface area contributed by atoms with Gasteiger partial charge in [0.2, 0.25) is 0 Å². The van der Waals surface area contributed by atoms with Crippen LogP contribution in [0.3, 0.4) is 0 Å². The van der Waals surface area contributed by atoms with E-state index >= 15 is 0 Å². The molecule has 1 atom stereocenters. The molecule has 0 spiro atoms. The highest BCUT2D eigenvalue weighted by Crippen LogP contribution is 2.30. The summed E-state index contributed by atoms with van der Waals surface area (Å²) in [5.74, 6) is 0. The highest BCUT2D eigenvalue weighted by Gasteiger charge is 2.39. The number of allylic oxidation sites excluding steroid dienone is 1. The van der Waals surface area contributed by atoms with E-state index < -0.39 is 15.2 Å². The molecule has 0 aromatic rings. The second-order valence-corrected chi connectivity index (χ2v) is 22.2. The Hall–Kier alpha value is 0.174. The van der Waals surface area contributed by atoms with Gasteiger partial charge >= 0.3 is 0 Å². The van der Waals surface area contributed by atoms with Gasteiger partial charge in [0.25, 0.3) is 0 Å². The van der Waals surface area contributed by atoms with Crippen molar-refractivity contribution in [2.75, 3.05) is 0 Å². The molecule has 0 nitrogen and oxygen atoms in total. The SMILES string of the molecule is C=CC(C)[Si](C)(C)[Si](C)(C)C. The molecule has 0 N–H and O–H groups in total. The van der Waals surface area contributed by atoms with Gasteiger partial charge < -0.3 is 0 Å². The summed E-state index contributed by atoms with van der Waals surface area (Å²) in [6, 6.07) is 0. The van der Waals surface area contributed by atoms with Crippen LogP contribution in [0.25, 0.3) is 0 Å². The molecule has 0 aromatic heterocycles. The Balaban J connectivity index is 4.58. The lowest BCUT2D eigenvalue weighted by atomic mass is 10.5. The average molecular weight is 186 g/mol. The van der Waals surface area contributed by atoms with Gasteiger partial charge in [0.1, 0.15) is 0 Å². The first-order valence-electron chi connectivity index (χ1n) is 4.36. The molecule has 0 amide bonds. The molecule has 0 aliphatic carbocycles. The molecule has 0 aliphatic rings. The average Bonchev–Trinajstić information content (AvgIpc) is 1.83. The fraction of sp³-hybridized carbons (Fsp3) is 0.778. The van der Waals surface area contributed by atoms with Crippen LogP contribution in [0, 0.1) is 0 Å². The van der Waals surface area contributed by atoms with Crippen LogP contribution in [0.5, 0.6) is 0 Å². The van der Waals surface area contributed by atoms with Gasteiger partial charge in [-0.25, -0.2) is 0 Å². The Kier molecular flexibility index (Phi) is 3.32. The third-order valence-corrected chi connectivity index (χ3v) is 22.8. The van der Waals surface area contributed by atoms with Crippen LogP contribution >= 0.6 is 0 Å². The molecule has 1 unspecified atom stereocenters. The van der Waals surface area contributed by atoms with E-state index in [1.165, 1.54) is 0 Å². The van der Waals surface area contributed by atoms with Gasteiger partial charge in [-0.05, 0) is 5.54 Å². The van der Waals surface area contributed by atoms with Crippen molar-refractivity contribution < 1.29 is 0 Å². The highest BCUT2D eigenvalue weighted by molar-refractivity contribution is 7.40. The van der Waals surface area contributed by atoms with Crippen molar-refractivity contribution in [3.05, 3.63) is 12.7 Å². The van der Waals surface area contributed by atoms with Crippen molar-refractivity contribution >= 4 is 15.2 Å². The molecule has 0 radical (unpaired) electrons. The first-order valence-corrected chi connectivity index (χ1v) is 11.9. The lowest BCUT2D eigenvalue weighted by Crippen LogP contribution is -2.54. The monoisotopic (exact) mass is 186 g/mol. The van der Waals surface area contributed by atoms with Gasteiger partial charge in [-0.15, -0.1) is 6.58 Å². The van der Waals surface area contributed by atoms with E-state index in [1.54, 1.807) is 0 Å². The highest BCUT2D eigenvalue weighted by atomic mass is 29.3. The molecule has 2 heteroatoms. The molecule has 0 saturated carbocycles. The summed E-state index contributed by atoms with van der Waals surface area (Å²) >= 11 is 0. The smallest absolute Gasteiger partial charge is 0.0477 e. The molecular formula is C9H22Si2. The summed E-state index contributed by atoms with van der Waals surface area (Å²) in [6.07, 6.45) is 2.14. The fourth-order valence-electron chi connectivity index (χ4n) is 0.978. The molecule has 11 heavy (non-hydrogen) atoms. The molecule has 0 heterocycles. The Morgan fingerprint density at radius 1 is 1.09 bits per heavy atom. The van der Waals surface area contributed by atoms with Crippen molar-refractivity contribution in [3.8, 4) is 0 Å². The number of hydrogen-bond donors (Lipinski definition) is 0. The lowest BCUT2D eigenvalue weighted by molar-refractivity contribution is 1.15. The van der Waals surface area contributed by atoms with Crippen LogP contribution in [0.1, 0.15) is 6.92 Å². The predicted molar refractivity (Wildman–Crippen MR) is 60.4 cm³/mol. The van der Waals surface area contributed by atoms with E-state index in [9.17, 15) is 0 Å². The number of hydrogen-bond acceptors (Lipinski definition) is 0. The Morgan fingerprint density at radius 3 is 1.55 bits per heavy atom. The van der Waals surface area contributed by atoms with Crippen molar-refractivity contribution in [2.24, 2.45) is 0 Å². The molecule has 0 aliphatic heterocycles. The summed E-state index contributed by atoms with van der Waals surface area (Å²) in [4.78, 5) is 0. The fourth-order valence-corrected chi connectivity index (χ4v) is 7.38. The third-order valence-electron chi connectivity index (χ3n) is 3.42. The first kappa shape index (κ1) is 11.2. The van der Waals surface area contributed by atoms with Crippen molar-refractivity contribution in [3.63, 3.8) is 0 Å². The molecule has 0 fully saturated rings. The maximum absolute atomic E-state index is 3.90. The summed E-state index contributed by atoms with van der Waals surface area (Å²) in [6.45, 7) is 18.7. The van der Waals surface area contributed by atoms with Crippen molar-refractivity contribution in [1.29, 1.82) is 0 Å². The second kappa shape index (κ2) is 3.27. The van der Waals surface area contributed by atoms with E-state index in [4.69, 9.17) is 0 Å². The largest absolute Gasteiger partial charge is 0.103 e. The van der Waals surface area contributed by atoms with E-state index in [0.717, 1.165) is 5.54 Å². The van der Waals surface area contributed by atoms with E-state index in [2.05, 4.69) is 52.3 Å². The van der Waals surface area contributed by atoms with Gasteiger partial charge in [0, 0.05) is 15.2 Å². The van der Waals surface area contributed by atoms with Crippen molar-refractivity contribution in [1.82, 2.24) is 0 Å². The van der Waals surface area contributed by atoms with E-state index in [-0.39, 0.29) is 0 Å². The number of rotatable bonds is 3. The summed E-state index contributed by atoms with van der Waals surface area (Å²) < 4.78 is 0. The zero-order chi connectivity index (χ0) is 9.28. The van der Waals surface area contributed by atoms with Gasteiger partial charge in [0.05, 0.1) is 0 Å². The van der Waals surface area contributed by atoms with Crippen LogP contribution in [0.2, 0.25) is 38.3 Å². The summed E-state index contributed by atoms with van der Waals surface area (Å²) in [5.41, 5.74) is 0.772. The minimum absolute atomic E-state index is 0.772. The maximum atomic E-state index is 3.90. The molecule has 66 valence electrons. The predicted octanol–water partition coefficient (Wildman–Crippen LogP) is 3.69. The summed E-state index contributed by atoms with van der Waals surface area (Å²) in [5, 5.41) is 0. The Bertz CT molecular complexity index is 142. The van der Waals surface area contributed by atoms with Gasteiger partial charge in [-0.3, -0.25) is 0 Å². The standard InChI is InChI=1S/C9H22Si2/c1-8-9(2)11(6,7)10(3,4)5/h8-9H,1H2,2-7H3. The van der Waals surface area contributed by atoms with Crippen LogP contribution < -0.4 is 0 Å². The van der Waals surface area contributed by atoms with Gasteiger partial charge in [-0.2, -0.15) is 0 Å². The summed E-state index contributed by atoms with van der Waals surface area (Å²) in [7, 11) is -1.89. The third kappa shape index (κ3) is 2.30. The Morgan fingerprint density at radius 2 is 1.45 bits per heavy atom. The van der Waals surface area contributed by atoms with Crippen LogP contribution in [-0.2, 0) is 0 Å². The molecule has 0 saturated heterocycles. The molecule has 0 rings (SSSR count). The van der Waals surface area contributed by atoms with Crippen LogP contribution in [0.4, 0.5) is 0 Å². The zero-order valence-electron chi connectivity index (χ0n) is 8.86. The molecular weight excluding hydrogens is 164 g/mol. The first-order chi connectivity index (χ1) is 4.73. The maximum Gasteiger partial charge on any atom is 0.0477 e. The minimum Gasteiger partial charge on any atom is -0.103 e. The molecule has 0 aromatic carbocycles. The van der Waals surface area contributed by atoms with Gasteiger partial charge in [-0.1, -0.05) is 45.7 Å². The Labute approximate surface area is 73.5 Å².